The molecule has 2 aromatic carbocycles. The van der Waals surface area contributed by atoms with E-state index in [9.17, 15) is 4.79 Å². The maximum atomic E-state index is 12.5. The maximum absolute atomic E-state index is 12.5. The number of rotatable bonds is 3. The summed E-state index contributed by atoms with van der Waals surface area (Å²) < 4.78 is 0. The molecular formula is C19H23N3O. The van der Waals surface area contributed by atoms with Gasteiger partial charge in [-0.2, -0.15) is 0 Å². The third-order valence-electron chi connectivity index (χ3n) is 4.63. The highest BCUT2D eigenvalue weighted by Gasteiger charge is 2.25. The van der Waals surface area contributed by atoms with Crippen LogP contribution in [0.3, 0.4) is 0 Å². The zero-order valence-corrected chi connectivity index (χ0v) is 13.7. The van der Waals surface area contributed by atoms with Crippen LogP contribution in [0.25, 0.3) is 0 Å². The van der Waals surface area contributed by atoms with Crippen molar-refractivity contribution in [1.29, 1.82) is 0 Å². The lowest BCUT2D eigenvalue weighted by Gasteiger charge is -2.32. The molecule has 0 aromatic heterocycles. The van der Waals surface area contributed by atoms with Crippen molar-refractivity contribution in [3.63, 3.8) is 0 Å². The average molecular weight is 309 g/mol. The number of nitrogens with two attached hydrogens (primary N) is 1. The minimum Gasteiger partial charge on any atom is -0.398 e. The maximum Gasteiger partial charge on any atom is 0.241 e. The lowest BCUT2D eigenvalue weighted by Crippen LogP contribution is -2.44. The number of anilines is 2. The Bertz CT molecular complexity index is 726. The highest BCUT2D eigenvalue weighted by Crippen LogP contribution is 2.21. The number of nitrogens with one attached hydrogen (secondary N) is 1. The van der Waals surface area contributed by atoms with Crippen molar-refractivity contribution in [3.05, 3.63) is 59.2 Å². The predicted molar refractivity (Wildman–Crippen MR) is 94.2 cm³/mol. The molecule has 1 aliphatic heterocycles. The lowest BCUT2D eigenvalue weighted by atomic mass is 9.99. The van der Waals surface area contributed by atoms with Crippen molar-refractivity contribution in [2.45, 2.75) is 32.9 Å². The monoisotopic (exact) mass is 309 g/mol. The van der Waals surface area contributed by atoms with Crippen molar-refractivity contribution >= 4 is 17.3 Å². The van der Waals surface area contributed by atoms with Gasteiger partial charge in [-0.3, -0.25) is 9.69 Å². The molecule has 0 radical (unpaired) electrons. The molecule has 4 nitrogen and oxygen atoms in total. The van der Waals surface area contributed by atoms with E-state index in [0.29, 0.717) is 5.69 Å². The summed E-state index contributed by atoms with van der Waals surface area (Å²) in [5.41, 5.74) is 11.1. The molecule has 0 saturated heterocycles. The van der Waals surface area contributed by atoms with Crippen LogP contribution in [0, 0.1) is 6.92 Å². The molecular weight excluding hydrogens is 286 g/mol. The number of nitrogens with zero attached hydrogens (tertiary/aromatic N) is 1. The van der Waals surface area contributed by atoms with Crippen molar-refractivity contribution in [2.24, 2.45) is 0 Å². The van der Waals surface area contributed by atoms with E-state index in [0.717, 1.165) is 30.8 Å². The van der Waals surface area contributed by atoms with Crippen molar-refractivity contribution < 1.29 is 4.79 Å². The van der Waals surface area contributed by atoms with Gasteiger partial charge in [0.25, 0.3) is 0 Å². The van der Waals surface area contributed by atoms with E-state index in [2.05, 4.69) is 34.5 Å². The van der Waals surface area contributed by atoms with Gasteiger partial charge in [-0.25, -0.2) is 0 Å². The van der Waals surface area contributed by atoms with Gasteiger partial charge < -0.3 is 11.1 Å². The Kier molecular flexibility index (Phi) is 4.35. The molecule has 0 aliphatic carbocycles. The third kappa shape index (κ3) is 3.37. The summed E-state index contributed by atoms with van der Waals surface area (Å²) in [7, 11) is 0. The fourth-order valence-corrected chi connectivity index (χ4v) is 2.98. The number of hydrogen-bond acceptors (Lipinski definition) is 3. The first kappa shape index (κ1) is 15.6. The van der Waals surface area contributed by atoms with Crippen LogP contribution in [0.15, 0.2) is 42.5 Å². The van der Waals surface area contributed by atoms with Gasteiger partial charge in [0, 0.05) is 24.5 Å². The summed E-state index contributed by atoms with van der Waals surface area (Å²) in [4.78, 5) is 14.7. The van der Waals surface area contributed by atoms with Gasteiger partial charge in [-0.05, 0) is 49.1 Å². The van der Waals surface area contributed by atoms with Gasteiger partial charge in [0.2, 0.25) is 5.91 Å². The fraction of sp³-hybridized carbons (Fsp3) is 0.316. The first-order chi connectivity index (χ1) is 11.0. The topological polar surface area (TPSA) is 58.4 Å². The highest BCUT2D eigenvalue weighted by molar-refractivity contribution is 5.95. The molecule has 1 unspecified atom stereocenters. The van der Waals surface area contributed by atoms with Gasteiger partial charge in [0.05, 0.1) is 6.04 Å². The summed E-state index contributed by atoms with van der Waals surface area (Å²) in [6.07, 6.45) is 0.991. The zero-order chi connectivity index (χ0) is 16.4. The van der Waals surface area contributed by atoms with Crippen molar-refractivity contribution in [2.75, 3.05) is 17.6 Å². The summed E-state index contributed by atoms with van der Waals surface area (Å²) in [5, 5.41) is 2.97. The first-order valence-electron chi connectivity index (χ1n) is 8.02. The molecule has 0 fully saturated rings. The molecule has 0 saturated carbocycles. The first-order valence-corrected chi connectivity index (χ1v) is 8.02. The van der Waals surface area contributed by atoms with Crippen LogP contribution in [-0.4, -0.2) is 23.4 Å². The van der Waals surface area contributed by atoms with Crippen LogP contribution in [0.4, 0.5) is 11.4 Å². The molecule has 3 N–H and O–H groups in total. The van der Waals surface area contributed by atoms with Gasteiger partial charge in [-0.1, -0.05) is 30.3 Å². The molecule has 0 spiro atoms. The number of fused-ring (bicyclic) bond motifs is 1. The number of aryl methyl sites for hydroxylation is 1. The quantitative estimate of drug-likeness (QED) is 0.857. The van der Waals surface area contributed by atoms with E-state index < -0.39 is 0 Å². The number of carbonyl (C=O) groups is 1. The second kappa shape index (κ2) is 6.42. The molecule has 3 rings (SSSR count). The SMILES string of the molecule is Cc1ccc(NC(=O)C(C)N2CCc3ccccc3C2)cc1N. The summed E-state index contributed by atoms with van der Waals surface area (Å²) in [5.74, 6) is 0.00707. The van der Waals surface area contributed by atoms with E-state index in [4.69, 9.17) is 5.73 Å². The molecule has 4 heteroatoms. The Morgan fingerprint density at radius 3 is 2.70 bits per heavy atom. The molecule has 120 valence electrons. The van der Waals surface area contributed by atoms with E-state index in [-0.39, 0.29) is 11.9 Å². The van der Waals surface area contributed by atoms with Crippen LogP contribution in [0.2, 0.25) is 0 Å². The van der Waals surface area contributed by atoms with Crippen LogP contribution in [0.5, 0.6) is 0 Å². The summed E-state index contributed by atoms with van der Waals surface area (Å²) >= 11 is 0. The Balaban J connectivity index is 1.67. The van der Waals surface area contributed by atoms with Crippen LogP contribution >= 0.6 is 0 Å². The standard InChI is InChI=1S/C19H23N3O/c1-13-7-8-17(11-18(13)20)21-19(23)14(2)22-10-9-15-5-3-4-6-16(15)12-22/h3-8,11,14H,9-10,12,20H2,1-2H3,(H,21,23). The van der Waals surface area contributed by atoms with Crippen molar-refractivity contribution in [3.8, 4) is 0 Å². The van der Waals surface area contributed by atoms with E-state index >= 15 is 0 Å². The van der Waals surface area contributed by atoms with Gasteiger partial charge in [0.1, 0.15) is 0 Å². The van der Waals surface area contributed by atoms with Gasteiger partial charge in [-0.15, -0.1) is 0 Å². The molecule has 1 aliphatic rings. The summed E-state index contributed by atoms with van der Waals surface area (Å²) in [6.45, 7) is 5.64. The normalized spacial score (nSPS) is 15.7. The molecule has 2 aromatic rings. The second-order valence-electron chi connectivity index (χ2n) is 6.23. The highest BCUT2D eigenvalue weighted by atomic mass is 16.2. The van der Waals surface area contributed by atoms with Crippen LogP contribution in [0.1, 0.15) is 23.6 Å². The molecule has 23 heavy (non-hydrogen) atoms. The number of amides is 1. The predicted octanol–water partition coefficient (Wildman–Crippen LogP) is 2.96. The lowest BCUT2D eigenvalue weighted by molar-refractivity contribution is -0.121. The number of hydrogen-bond donors (Lipinski definition) is 2. The Morgan fingerprint density at radius 1 is 1.22 bits per heavy atom. The van der Waals surface area contributed by atoms with Gasteiger partial charge >= 0.3 is 0 Å². The van der Waals surface area contributed by atoms with Gasteiger partial charge in [0.15, 0.2) is 0 Å². The second-order valence-corrected chi connectivity index (χ2v) is 6.23. The Morgan fingerprint density at radius 2 is 1.96 bits per heavy atom. The van der Waals surface area contributed by atoms with E-state index in [1.54, 1.807) is 0 Å². The van der Waals surface area contributed by atoms with Crippen molar-refractivity contribution in [1.82, 2.24) is 4.90 Å². The Labute approximate surface area is 137 Å². The fourth-order valence-electron chi connectivity index (χ4n) is 2.98. The number of benzene rings is 2. The van der Waals surface area contributed by atoms with Crippen LogP contribution in [-0.2, 0) is 17.8 Å². The molecule has 1 amide bonds. The number of nitrogen functional groups attached to an aromatic ring is 1. The number of carbonyl (C=O) groups excluding carboxylic acids is 1. The molecule has 1 heterocycles. The van der Waals surface area contributed by atoms with E-state index in [1.165, 1.54) is 11.1 Å². The summed E-state index contributed by atoms with van der Waals surface area (Å²) in [6, 6.07) is 13.9. The van der Waals surface area contributed by atoms with E-state index in [1.807, 2.05) is 32.0 Å². The van der Waals surface area contributed by atoms with Crippen LogP contribution < -0.4 is 11.1 Å². The largest absolute Gasteiger partial charge is 0.398 e. The third-order valence-corrected chi connectivity index (χ3v) is 4.63. The Hall–Kier alpha value is -2.33. The minimum atomic E-state index is -0.175. The molecule has 0 bridgehead atoms. The average Bonchev–Trinajstić information content (AvgIpc) is 2.57. The minimum absolute atomic E-state index is 0.00707. The smallest absolute Gasteiger partial charge is 0.241 e. The zero-order valence-electron chi connectivity index (χ0n) is 13.7. The molecule has 1 atom stereocenters.